The first kappa shape index (κ1) is 12.6. The van der Waals surface area contributed by atoms with Crippen molar-refractivity contribution in [3.63, 3.8) is 0 Å². The van der Waals surface area contributed by atoms with E-state index in [2.05, 4.69) is 10.1 Å². The molecule has 1 rings (SSSR count). The lowest BCUT2D eigenvalue weighted by molar-refractivity contribution is -0.102. The van der Waals surface area contributed by atoms with E-state index in [9.17, 15) is 4.79 Å². The number of hydrogen-bond donors (Lipinski definition) is 1. The molecule has 0 amide bonds. The van der Waals surface area contributed by atoms with Crippen LogP contribution in [0.3, 0.4) is 0 Å². The molecule has 0 aliphatic rings. The fourth-order valence-corrected chi connectivity index (χ4v) is 1.43. The Labute approximate surface area is 97.7 Å². The zero-order chi connectivity index (χ0) is 12.0. The Morgan fingerprint density at radius 2 is 2.50 bits per heavy atom. The van der Waals surface area contributed by atoms with E-state index in [0.717, 1.165) is 6.54 Å². The van der Waals surface area contributed by atoms with E-state index in [4.69, 9.17) is 10.6 Å². The molecular formula is C9H14N4O2S. The molecule has 0 unspecified atom stereocenters. The SMILES string of the molecule is CN(C)CCON=C(C=O)c1csc(N)n1. The summed E-state index contributed by atoms with van der Waals surface area (Å²) in [6, 6.07) is 0. The summed E-state index contributed by atoms with van der Waals surface area (Å²) >= 11 is 1.26. The summed E-state index contributed by atoms with van der Waals surface area (Å²) in [6.07, 6.45) is 0.601. The lowest BCUT2D eigenvalue weighted by Crippen LogP contribution is -2.17. The number of thiazole rings is 1. The lowest BCUT2D eigenvalue weighted by Gasteiger charge is -2.07. The van der Waals surface area contributed by atoms with E-state index in [-0.39, 0.29) is 5.71 Å². The van der Waals surface area contributed by atoms with Crippen molar-refractivity contribution in [1.82, 2.24) is 9.88 Å². The Bertz CT molecular complexity index is 375. The predicted octanol–water partition coefficient (Wildman–Crippen LogP) is 0.206. The van der Waals surface area contributed by atoms with E-state index >= 15 is 0 Å². The van der Waals surface area contributed by atoms with Crippen molar-refractivity contribution in [2.75, 3.05) is 33.0 Å². The average molecular weight is 242 g/mol. The van der Waals surface area contributed by atoms with E-state index in [1.165, 1.54) is 11.3 Å². The van der Waals surface area contributed by atoms with Gasteiger partial charge in [-0.25, -0.2) is 4.98 Å². The summed E-state index contributed by atoms with van der Waals surface area (Å²) in [5, 5.41) is 5.77. The largest absolute Gasteiger partial charge is 0.394 e. The molecule has 88 valence electrons. The second-order valence-corrected chi connectivity index (χ2v) is 4.19. The molecule has 0 radical (unpaired) electrons. The highest BCUT2D eigenvalue weighted by Crippen LogP contribution is 2.11. The molecule has 6 nitrogen and oxygen atoms in total. The number of aldehydes is 1. The predicted molar refractivity (Wildman–Crippen MR) is 63.6 cm³/mol. The molecule has 0 aliphatic carbocycles. The van der Waals surface area contributed by atoms with Gasteiger partial charge in [0.25, 0.3) is 0 Å². The van der Waals surface area contributed by atoms with Gasteiger partial charge in [0.1, 0.15) is 12.3 Å². The smallest absolute Gasteiger partial charge is 0.180 e. The Kier molecular flexibility index (Phi) is 4.87. The summed E-state index contributed by atoms with van der Waals surface area (Å²) in [7, 11) is 3.85. The fraction of sp³-hybridized carbons (Fsp3) is 0.444. The van der Waals surface area contributed by atoms with Crippen molar-refractivity contribution in [2.24, 2.45) is 5.16 Å². The van der Waals surface area contributed by atoms with E-state index in [1.807, 2.05) is 19.0 Å². The maximum Gasteiger partial charge on any atom is 0.180 e. The second-order valence-electron chi connectivity index (χ2n) is 3.30. The molecule has 1 heterocycles. The van der Waals surface area contributed by atoms with Gasteiger partial charge in [0, 0.05) is 11.9 Å². The molecule has 0 aromatic carbocycles. The third kappa shape index (κ3) is 3.95. The molecule has 0 saturated heterocycles. The van der Waals surface area contributed by atoms with Gasteiger partial charge in [0.2, 0.25) is 0 Å². The van der Waals surface area contributed by atoms with Gasteiger partial charge in [-0.1, -0.05) is 5.16 Å². The molecule has 7 heteroatoms. The average Bonchev–Trinajstić information content (AvgIpc) is 2.64. The Morgan fingerprint density at radius 1 is 1.75 bits per heavy atom. The van der Waals surface area contributed by atoms with E-state index in [0.29, 0.717) is 23.7 Å². The first-order chi connectivity index (χ1) is 7.63. The van der Waals surface area contributed by atoms with Crippen LogP contribution in [0, 0.1) is 0 Å². The molecular weight excluding hydrogens is 228 g/mol. The van der Waals surface area contributed by atoms with Crippen LogP contribution >= 0.6 is 11.3 Å². The van der Waals surface area contributed by atoms with E-state index in [1.54, 1.807) is 5.38 Å². The minimum absolute atomic E-state index is 0.159. The minimum Gasteiger partial charge on any atom is -0.394 e. The molecule has 2 N–H and O–H groups in total. The third-order valence-electron chi connectivity index (χ3n) is 1.69. The van der Waals surface area contributed by atoms with Crippen molar-refractivity contribution < 1.29 is 9.63 Å². The van der Waals surface area contributed by atoms with Crippen molar-refractivity contribution in [1.29, 1.82) is 0 Å². The summed E-state index contributed by atoms with van der Waals surface area (Å²) in [5.41, 5.74) is 6.06. The van der Waals surface area contributed by atoms with Gasteiger partial charge in [-0.2, -0.15) is 0 Å². The van der Waals surface area contributed by atoms with Crippen LogP contribution in [0.5, 0.6) is 0 Å². The number of likely N-dealkylation sites (N-methyl/N-ethyl adjacent to an activating group) is 1. The number of nitrogens with two attached hydrogens (primary N) is 1. The summed E-state index contributed by atoms with van der Waals surface area (Å²) < 4.78 is 0. The van der Waals surface area contributed by atoms with Gasteiger partial charge in [0.05, 0.1) is 0 Å². The van der Waals surface area contributed by atoms with Gasteiger partial charge in [-0.15, -0.1) is 11.3 Å². The molecule has 0 bridgehead atoms. The first-order valence-electron chi connectivity index (χ1n) is 4.64. The van der Waals surface area contributed by atoms with Crippen LogP contribution in [0.1, 0.15) is 5.69 Å². The number of anilines is 1. The van der Waals surface area contributed by atoms with Gasteiger partial charge in [-0.05, 0) is 14.1 Å². The Morgan fingerprint density at radius 3 is 3.00 bits per heavy atom. The van der Waals surface area contributed by atoms with Gasteiger partial charge in [-0.3, -0.25) is 4.79 Å². The molecule has 0 saturated carbocycles. The zero-order valence-corrected chi connectivity index (χ0v) is 10.0. The number of rotatable bonds is 6. The molecule has 0 spiro atoms. The maximum absolute atomic E-state index is 10.7. The summed E-state index contributed by atoms with van der Waals surface area (Å²) in [5.74, 6) is 0. The zero-order valence-electron chi connectivity index (χ0n) is 9.21. The van der Waals surface area contributed by atoms with Crippen LogP contribution in [0.15, 0.2) is 10.5 Å². The minimum atomic E-state index is 0.159. The van der Waals surface area contributed by atoms with Crippen LogP contribution in [-0.2, 0) is 9.63 Å². The maximum atomic E-state index is 10.7. The molecule has 0 atom stereocenters. The topological polar surface area (TPSA) is 80.8 Å². The molecule has 0 fully saturated rings. The number of carbonyl (C=O) groups is 1. The standard InChI is InChI=1S/C9H14N4O2S/c1-13(2)3-4-15-12-7(5-14)8-6-16-9(10)11-8/h5-6H,3-4H2,1-2H3,(H2,10,11). The van der Waals surface area contributed by atoms with Gasteiger partial charge < -0.3 is 15.5 Å². The van der Waals surface area contributed by atoms with Crippen molar-refractivity contribution >= 4 is 28.5 Å². The number of aromatic nitrogens is 1. The highest BCUT2D eigenvalue weighted by atomic mass is 32.1. The fourth-order valence-electron chi connectivity index (χ4n) is 0.872. The second kappa shape index (κ2) is 6.19. The Hall–Kier alpha value is -1.47. The highest BCUT2D eigenvalue weighted by molar-refractivity contribution is 7.13. The lowest BCUT2D eigenvalue weighted by atomic mass is 10.3. The van der Waals surface area contributed by atoms with Crippen molar-refractivity contribution in [2.45, 2.75) is 0 Å². The normalized spacial score (nSPS) is 11.8. The number of nitrogens with zero attached hydrogens (tertiary/aromatic N) is 3. The number of oxime groups is 1. The first-order valence-corrected chi connectivity index (χ1v) is 5.52. The van der Waals surface area contributed by atoms with Crippen molar-refractivity contribution in [3.05, 3.63) is 11.1 Å². The monoisotopic (exact) mass is 242 g/mol. The van der Waals surface area contributed by atoms with Crippen LogP contribution in [0.25, 0.3) is 0 Å². The molecule has 1 aromatic heterocycles. The van der Waals surface area contributed by atoms with Crippen LogP contribution in [0.2, 0.25) is 0 Å². The third-order valence-corrected chi connectivity index (χ3v) is 2.36. The van der Waals surface area contributed by atoms with E-state index < -0.39 is 0 Å². The highest BCUT2D eigenvalue weighted by Gasteiger charge is 2.07. The number of nitrogen functional groups attached to an aromatic ring is 1. The summed E-state index contributed by atoms with van der Waals surface area (Å²) in [6.45, 7) is 1.15. The number of carbonyl (C=O) groups excluding carboxylic acids is 1. The molecule has 0 aliphatic heterocycles. The van der Waals surface area contributed by atoms with Gasteiger partial charge in [0.15, 0.2) is 17.1 Å². The van der Waals surface area contributed by atoms with Crippen LogP contribution in [-0.4, -0.2) is 49.1 Å². The van der Waals surface area contributed by atoms with Crippen molar-refractivity contribution in [3.8, 4) is 0 Å². The molecule has 1 aromatic rings. The summed E-state index contributed by atoms with van der Waals surface area (Å²) in [4.78, 5) is 21.6. The molecule has 16 heavy (non-hydrogen) atoms. The quantitative estimate of drug-likeness (QED) is 0.334. The Balaban J connectivity index is 2.54. The van der Waals surface area contributed by atoms with Crippen LogP contribution in [0.4, 0.5) is 5.13 Å². The number of hydrogen-bond acceptors (Lipinski definition) is 7. The van der Waals surface area contributed by atoms with Gasteiger partial charge >= 0.3 is 0 Å². The van der Waals surface area contributed by atoms with Crippen LogP contribution < -0.4 is 5.73 Å².